The normalized spacial score (nSPS) is 11.2. The molecule has 0 aliphatic heterocycles. The highest BCUT2D eigenvalue weighted by molar-refractivity contribution is 7.20. The molecule has 0 fully saturated rings. The number of thiazole rings is 1. The van der Waals surface area contributed by atoms with Crippen molar-refractivity contribution in [3.63, 3.8) is 0 Å². The van der Waals surface area contributed by atoms with Crippen molar-refractivity contribution >= 4 is 27.8 Å². The maximum Gasteiger partial charge on any atom is 0.279 e. The van der Waals surface area contributed by atoms with Crippen molar-refractivity contribution in [2.45, 2.75) is 0 Å². The molecular formula is C15H12N2OS. The summed E-state index contributed by atoms with van der Waals surface area (Å²) in [5.41, 5.74) is 2.02. The van der Waals surface area contributed by atoms with E-state index in [2.05, 4.69) is 9.98 Å². The van der Waals surface area contributed by atoms with Crippen molar-refractivity contribution in [1.29, 1.82) is 0 Å². The van der Waals surface area contributed by atoms with Crippen LogP contribution >= 0.6 is 11.3 Å². The Morgan fingerprint density at radius 1 is 1.11 bits per heavy atom. The minimum Gasteiger partial charge on any atom is -0.431 e. The van der Waals surface area contributed by atoms with Crippen LogP contribution in [0.5, 0.6) is 10.9 Å². The quantitative estimate of drug-likeness (QED) is 0.669. The summed E-state index contributed by atoms with van der Waals surface area (Å²) in [6.45, 7) is 0. The lowest BCUT2D eigenvalue weighted by Gasteiger charge is -2.01. The predicted molar refractivity (Wildman–Crippen MR) is 79.7 cm³/mol. The van der Waals surface area contributed by atoms with E-state index >= 15 is 0 Å². The summed E-state index contributed by atoms with van der Waals surface area (Å²) >= 11 is 1.55. The van der Waals surface area contributed by atoms with Gasteiger partial charge in [-0.2, -0.15) is 0 Å². The molecule has 0 saturated heterocycles. The highest BCUT2D eigenvalue weighted by Crippen LogP contribution is 2.30. The van der Waals surface area contributed by atoms with Gasteiger partial charge in [0, 0.05) is 13.3 Å². The first-order valence-electron chi connectivity index (χ1n) is 5.91. The van der Waals surface area contributed by atoms with Crippen molar-refractivity contribution in [1.82, 2.24) is 4.98 Å². The van der Waals surface area contributed by atoms with Crippen LogP contribution in [0.4, 0.5) is 0 Å². The summed E-state index contributed by atoms with van der Waals surface area (Å²) in [5.74, 6) is 0.785. The number of ether oxygens (including phenoxy) is 1. The molecule has 0 aliphatic rings. The first-order valence-corrected chi connectivity index (χ1v) is 6.72. The molecule has 4 heteroatoms. The zero-order valence-electron chi connectivity index (χ0n) is 10.4. The summed E-state index contributed by atoms with van der Waals surface area (Å²) in [6, 6.07) is 15.8. The lowest BCUT2D eigenvalue weighted by Crippen LogP contribution is -1.84. The fourth-order valence-electron chi connectivity index (χ4n) is 1.77. The fraction of sp³-hybridized carbons (Fsp3) is 0.0667. The topological polar surface area (TPSA) is 34.5 Å². The maximum absolute atomic E-state index is 5.76. The van der Waals surface area contributed by atoms with Crippen LogP contribution in [-0.4, -0.2) is 18.2 Å². The molecule has 3 nitrogen and oxygen atoms in total. The van der Waals surface area contributed by atoms with Crippen LogP contribution in [0.1, 0.15) is 5.56 Å². The van der Waals surface area contributed by atoms with Crippen LogP contribution in [-0.2, 0) is 0 Å². The van der Waals surface area contributed by atoms with Gasteiger partial charge in [-0.3, -0.25) is 4.99 Å². The van der Waals surface area contributed by atoms with Crippen molar-refractivity contribution in [3.05, 3.63) is 54.1 Å². The number of nitrogens with zero attached hydrogens (tertiary/aromatic N) is 2. The molecule has 2 aromatic carbocycles. The molecule has 1 aromatic heterocycles. The average Bonchev–Trinajstić information content (AvgIpc) is 2.83. The van der Waals surface area contributed by atoms with Crippen LogP contribution < -0.4 is 4.74 Å². The van der Waals surface area contributed by atoms with E-state index in [0.717, 1.165) is 21.5 Å². The molecule has 1 heterocycles. The highest BCUT2D eigenvalue weighted by Gasteiger charge is 2.04. The van der Waals surface area contributed by atoms with Crippen LogP contribution in [0, 0.1) is 0 Å². The van der Waals surface area contributed by atoms with E-state index in [1.54, 1.807) is 18.4 Å². The molecule has 0 saturated carbocycles. The Kier molecular flexibility index (Phi) is 3.25. The second-order valence-corrected chi connectivity index (χ2v) is 5.00. The van der Waals surface area contributed by atoms with E-state index in [1.807, 2.05) is 54.7 Å². The Balaban J connectivity index is 1.84. The van der Waals surface area contributed by atoms with E-state index in [0.29, 0.717) is 5.19 Å². The van der Waals surface area contributed by atoms with Crippen molar-refractivity contribution in [2.24, 2.45) is 4.99 Å². The van der Waals surface area contributed by atoms with Crippen molar-refractivity contribution in [3.8, 4) is 10.9 Å². The smallest absolute Gasteiger partial charge is 0.279 e. The van der Waals surface area contributed by atoms with Gasteiger partial charge in [0.2, 0.25) is 0 Å². The molecule has 0 spiro atoms. The molecule has 0 unspecified atom stereocenters. The second-order valence-electron chi connectivity index (χ2n) is 4.01. The Hall–Kier alpha value is -2.20. The van der Waals surface area contributed by atoms with E-state index in [9.17, 15) is 0 Å². The Bertz CT molecular complexity index is 683. The van der Waals surface area contributed by atoms with Crippen molar-refractivity contribution < 1.29 is 4.74 Å². The van der Waals surface area contributed by atoms with Gasteiger partial charge in [0.1, 0.15) is 5.75 Å². The summed E-state index contributed by atoms with van der Waals surface area (Å²) in [6.07, 6.45) is 1.81. The summed E-state index contributed by atoms with van der Waals surface area (Å²) in [4.78, 5) is 8.41. The van der Waals surface area contributed by atoms with E-state index < -0.39 is 0 Å². The molecule has 0 atom stereocenters. The first-order chi connectivity index (χ1) is 9.35. The highest BCUT2D eigenvalue weighted by atomic mass is 32.1. The van der Waals surface area contributed by atoms with E-state index in [4.69, 9.17) is 4.74 Å². The van der Waals surface area contributed by atoms with Crippen LogP contribution in [0.2, 0.25) is 0 Å². The summed E-state index contributed by atoms with van der Waals surface area (Å²) < 4.78 is 6.89. The minimum atomic E-state index is 0.665. The van der Waals surface area contributed by atoms with Gasteiger partial charge in [-0.05, 0) is 42.0 Å². The number of aromatic nitrogens is 1. The van der Waals surface area contributed by atoms with E-state index in [-0.39, 0.29) is 0 Å². The average molecular weight is 268 g/mol. The van der Waals surface area contributed by atoms with Crippen LogP contribution in [0.25, 0.3) is 10.2 Å². The van der Waals surface area contributed by atoms with Crippen molar-refractivity contribution in [2.75, 3.05) is 7.05 Å². The minimum absolute atomic E-state index is 0.665. The van der Waals surface area contributed by atoms with Gasteiger partial charge < -0.3 is 4.74 Å². The third-order valence-corrected chi connectivity index (χ3v) is 3.55. The second kappa shape index (κ2) is 5.20. The zero-order valence-corrected chi connectivity index (χ0v) is 11.2. The molecular weight excluding hydrogens is 256 g/mol. The number of hydrogen-bond donors (Lipinski definition) is 0. The van der Waals surface area contributed by atoms with Crippen LogP contribution in [0.3, 0.4) is 0 Å². The Labute approximate surface area is 115 Å². The SMILES string of the molecule is CN=Cc1ccc(Oc2nc3ccccc3s2)cc1. The molecule has 0 N–H and O–H groups in total. The van der Waals surface area contributed by atoms with Gasteiger partial charge in [-0.25, -0.2) is 4.98 Å². The Morgan fingerprint density at radius 3 is 2.63 bits per heavy atom. The molecule has 0 bridgehead atoms. The van der Waals surface area contributed by atoms with Gasteiger partial charge in [-0.15, -0.1) is 0 Å². The first kappa shape index (κ1) is 11.9. The van der Waals surface area contributed by atoms with Gasteiger partial charge >= 0.3 is 0 Å². The number of fused-ring (bicyclic) bond motifs is 1. The van der Waals surface area contributed by atoms with Gasteiger partial charge in [-0.1, -0.05) is 23.5 Å². The standard InChI is InChI=1S/C15H12N2OS/c1-16-10-11-6-8-12(9-7-11)18-15-17-13-4-2-3-5-14(13)19-15/h2-10H,1H3. The molecule has 19 heavy (non-hydrogen) atoms. The summed E-state index contributed by atoms with van der Waals surface area (Å²) in [5, 5.41) is 0.665. The van der Waals surface area contributed by atoms with Gasteiger partial charge in [0.25, 0.3) is 5.19 Å². The Morgan fingerprint density at radius 2 is 1.89 bits per heavy atom. The lowest BCUT2D eigenvalue weighted by atomic mass is 10.2. The largest absolute Gasteiger partial charge is 0.431 e. The van der Waals surface area contributed by atoms with Gasteiger partial charge in [0.05, 0.1) is 10.2 Å². The number of para-hydroxylation sites is 1. The molecule has 0 radical (unpaired) electrons. The third-order valence-electron chi connectivity index (χ3n) is 2.64. The molecule has 3 rings (SSSR count). The zero-order chi connectivity index (χ0) is 13.1. The maximum atomic E-state index is 5.76. The third kappa shape index (κ3) is 2.63. The molecule has 3 aromatic rings. The molecule has 94 valence electrons. The number of aliphatic imine (C=N–C) groups is 1. The van der Waals surface area contributed by atoms with Crippen LogP contribution in [0.15, 0.2) is 53.5 Å². The molecule has 0 amide bonds. The predicted octanol–water partition coefficient (Wildman–Crippen LogP) is 4.14. The van der Waals surface area contributed by atoms with Gasteiger partial charge in [0.15, 0.2) is 0 Å². The summed E-state index contributed by atoms with van der Waals surface area (Å²) in [7, 11) is 1.76. The fourth-order valence-corrected chi connectivity index (χ4v) is 2.60. The monoisotopic (exact) mass is 268 g/mol. The number of benzene rings is 2. The molecule has 0 aliphatic carbocycles. The lowest BCUT2D eigenvalue weighted by molar-refractivity contribution is 0.480. The van der Waals surface area contributed by atoms with E-state index in [1.165, 1.54) is 0 Å². The number of rotatable bonds is 3. The number of hydrogen-bond acceptors (Lipinski definition) is 4.